The molecule has 6 heteroatoms. The molecule has 0 aliphatic rings. The molecule has 1 heterocycles. The molecule has 124 valence electrons. The van der Waals surface area contributed by atoms with Gasteiger partial charge in [-0.3, -0.25) is 9.59 Å². The number of hydrogen-bond acceptors (Lipinski definition) is 4. The van der Waals surface area contributed by atoms with Crippen LogP contribution in [0.3, 0.4) is 0 Å². The van der Waals surface area contributed by atoms with Crippen LogP contribution < -0.4 is 15.6 Å². The first kappa shape index (κ1) is 17.3. The molecule has 0 bridgehead atoms. The molecule has 0 radical (unpaired) electrons. The molecule has 2 aromatic rings. The average molecular weight is 325 g/mol. The summed E-state index contributed by atoms with van der Waals surface area (Å²) in [5.41, 5.74) is 0.895. The van der Waals surface area contributed by atoms with E-state index in [2.05, 4.69) is 5.32 Å². The summed E-state index contributed by atoms with van der Waals surface area (Å²) >= 11 is 0. The highest BCUT2D eigenvalue weighted by molar-refractivity contribution is 5.75. The number of aryl methyl sites for hydroxylation is 2. The zero-order chi connectivity index (χ0) is 17.5. The SMILES string of the molecule is Cc1cc(C)n(CC(=O)NCCOc2ccccc2)c(=O)c1C#N. The lowest BCUT2D eigenvalue weighted by atomic mass is 10.1. The Morgan fingerprint density at radius 1 is 1.29 bits per heavy atom. The molecule has 1 N–H and O–H groups in total. The highest BCUT2D eigenvalue weighted by Crippen LogP contribution is 2.07. The van der Waals surface area contributed by atoms with Crippen LogP contribution in [0.1, 0.15) is 16.8 Å². The predicted molar refractivity (Wildman–Crippen MR) is 89.8 cm³/mol. The molecule has 0 saturated carbocycles. The minimum absolute atomic E-state index is 0.0702. The van der Waals surface area contributed by atoms with Gasteiger partial charge in [-0.1, -0.05) is 18.2 Å². The van der Waals surface area contributed by atoms with Crippen molar-refractivity contribution in [1.29, 1.82) is 5.26 Å². The topological polar surface area (TPSA) is 84.1 Å². The zero-order valence-corrected chi connectivity index (χ0v) is 13.7. The molecule has 1 amide bonds. The van der Waals surface area contributed by atoms with Crippen molar-refractivity contribution < 1.29 is 9.53 Å². The van der Waals surface area contributed by atoms with Gasteiger partial charge in [0.15, 0.2) is 0 Å². The fourth-order valence-corrected chi connectivity index (χ4v) is 2.34. The lowest BCUT2D eigenvalue weighted by Gasteiger charge is -2.12. The van der Waals surface area contributed by atoms with Gasteiger partial charge in [0, 0.05) is 5.69 Å². The number of hydrogen-bond donors (Lipinski definition) is 1. The molecule has 0 spiro atoms. The maximum atomic E-state index is 12.2. The molecule has 0 aliphatic heterocycles. The molecule has 0 aliphatic carbocycles. The number of nitriles is 1. The third kappa shape index (κ3) is 4.23. The van der Waals surface area contributed by atoms with E-state index in [1.807, 2.05) is 36.4 Å². The fraction of sp³-hybridized carbons (Fsp3) is 0.278. The second-order valence-electron chi connectivity index (χ2n) is 5.36. The van der Waals surface area contributed by atoms with Gasteiger partial charge >= 0.3 is 0 Å². The van der Waals surface area contributed by atoms with Gasteiger partial charge in [0.05, 0.1) is 6.54 Å². The summed E-state index contributed by atoms with van der Waals surface area (Å²) in [6.45, 7) is 3.99. The van der Waals surface area contributed by atoms with E-state index in [0.29, 0.717) is 24.4 Å². The van der Waals surface area contributed by atoms with Gasteiger partial charge in [0.25, 0.3) is 5.56 Å². The second-order valence-corrected chi connectivity index (χ2v) is 5.36. The van der Waals surface area contributed by atoms with Crippen LogP contribution in [-0.2, 0) is 11.3 Å². The molecule has 0 unspecified atom stereocenters. The number of ether oxygens (including phenoxy) is 1. The van der Waals surface area contributed by atoms with E-state index >= 15 is 0 Å². The Kier molecular flexibility index (Phi) is 5.74. The Bertz CT molecular complexity index is 820. The highest BCUT2D eigenvalue weighted by atomic mass is 16.5. The van der Waals surface area contributed by atoms with Crippen molar-refractivity contribution in [2.45, 2.75) is 20.4 Å². The maximum Gasteiger partial charge on any atom is 0.269 e. The minimum atomic E-state index is -0.439. The number of para-hydroxylation sites is 1. The molecule has 2 rings (SSSR count). The van der Waals surface area contributed by atoms with Crippen LogP contribution in [0.4, 0.5) is 0 Å². The molecule has 6 nitrogen and oxygen atoms in total. The first-order valence-corrected chi connectivity index (χ1v) is 7.58. The van der Waals surface area contributed by atoms with Gasteiger partial charge in [-0.2, -0.15) is 5.26 Å². The molecule has 0 saturated heterocycles. The van der Waals surface area contributed by atoms with Gasteiger partial charge in [-0.05, 0) is 37.6 Å². The van der Waals surface area contributed by atoms with E-state index in [1.165, 1.54) is 4.57 Å². The van der Waals surface area contributed by atoms with Crippen LogP contribution in [0.2, 0.25) is 0 Å². The number of benzene rings is 1. The number of carbonyl (C=O) groups is 1. The Morgan fingerprint density at radius 3 is 2.67 bits per heavy atom. The Labute approximate surface area is 140 Å². The summed E-state index contributed by atoms with van der Waals surface area (Å²) in [5, 5.41) is 11.8. The normalized spacial score (nSPS) is 10.0. The third-order valence-corrected chi connectivity index (χ3v) is 3.55. The number of carbonyl (C=O) groups excluding carboxylic acids is 1. The van der Waals surface area contributed by atoms with Crippen molar-refractivity contribution in [2.24, 2.45) is 0 Å². The first-order valence-electron chi connectivity index (χ1n) is 7.58. The van der Waals surface area contributed by atoms with E-state index < -0.39 is 5.56 Å². The minimum Gasteiger partial charge on any atom is -0.492 e. The summed E-state index contributed by atoms with van der Waals surface area (Å²) in [6, 6.07) is 12.9. The quantitative estimate of drug-likeness (QED) is 0.816. The summed E-state index contributed by atoms with van der Waals surface area (Å²) in [4.78, 5) is 24.2. The van der Waals surface area contributed by atoms with E-state index in [4.69, 9.17) is 10.00 Å². The molecule has 1 aromatic carbocycles. The van der Waals surface area contributed by atoms with Crippen LogP contribution in [0.15, 0.2) is 41.2 Å². The standard InChI is InChI=1S/C18H19N3O3/c1-13-10-14(2)21(18(23)16(13)11-19)12-17(22)20-8-9-24-15-6-4-3-5-7-15/h3-7,10H,8-9,12H2,1-2H3,(H,20,22). The van der Waals surface area contributed by atoms with Crippen molar-refractivity contribution in [2.75, 3.05) is 13.2 Å². The number of amides is 1. The lowest BCUT2D eigenvalue weighted by molar-refractivity contribution is -0.121. The molecule has 1 aromatic heterocycles. The van der Waals surface area contributed by atoms with Crippen molar-refractivity contribution in [3.05, 3.63) is 63.6 Å². The van der Waals surface area contributed by atoms with E-state index in [-0.39, 0.29) is 18.0 Å². The number of nitrogens with one attached hydrogen (secondary N) is 1. The lowest BCUT2D eigenvalue weighted by Crippen LogP contribution is -2.36. The van der Waals surface area contributed by atoms with Crippen LogP contribution in [-0.4, -0.2) is 23.6 Å². The van der Waals surface area contributed by atoms with Crippen molar-refractivity contribution in [3.63, 3.8) is 0 Å². The smallest absolute Gasteiger partial charge is 0.269 e. The Morgan fingerprint density at radius 2 is 2.00 bits per heavy atom. The highest BCUT2D eigenvalue weighted by Gasteiger charge is 2.12. The van der Waals surface area contributed by atoms with Crippen molar-refractivity contribution in [1.82, 2.24) is 9.88 Å². The summed E-state index contributed by atoms with van der Waals surface area (Å²) in [6.07, 6.45) is 0. The van der Waals surface area contributed by atoms with Crippen LogP contribution >= 0.6 is 0 Å². The molecule has 0 atom stereocenters. The van der Waals surface area contributed by atoms with Gasteiger partial charge in [-0.25, -0.2) is 0 Å². The Balaban J connectivity index is 1.91. The van der Waals surface area contributed by atoms with E-state index in [9.17, 15) is 9.59 Å². The predicted octanol–water partition coefficient (Wildman–Crippen LogP) is 1.53. The number of aromatic nitrogens is 1. The molecular formula is C18H19N3O3. The number of rotatable bonds is 6. The van der Waals surface area contributed by atoms with Crippen LogP contribution in [0, 0.1) is 25.2 Å². The molecule has 0 fully saturated rings. The van der Waals surface area contributed by atoms with Crippen molar-refractivity contribution >= 4 is 5.91 Å². The Hall–Kier alpha value is -3.07. The fourth-order valence-electron chi connectivity index (χ4n) is 2.34. The molecule has 24 heavy (non-hydrogen) atoms. The van der Waals surface area contributed by atoms with E-state index in [0.717, 1.165) is 5.75 Å². The van der Waals surface area contributed by atoms with E-state index in [1.54, 1.807) is 19.9 Å². The third-order valence-electron chi connectivity index (χ3n) is 3.55. The summed E-state index contributed by atoms with van der Waals surface area (Å²) < 4.78 is 6.78. The average Bonchev–Trinajstić information content (AvgIpc) is 2.57. The number of pyridine rings is 1. The van der Waals surface area contributed by atoms with Crippen molar-refractivity contribution in [3.8, 4) is 11.8 Å². The monoisotopic (exact) mass is 325 g/mol. The largest absolute Gasteiger partial charge is 0.492 e. The molecular weight excluding hydrogens is 306 g/mol. The first-order chi connectivity index (χ1) is 11.5. The second kappa shape index (κ2) is 7.97. The number of nitrogens with zero attached hydrogens (tertiary/aromatic N) is 2. The van der Waals surface area contributed by atoms with Gasteiger partial charge in [0.1, 0.15) is 30.5 Å². The van der Waals surface area contributed by atoms with Crippen LogP contribution in [0.25, 0.3) is 0 Å². The maximum absolute atomic E-state index is 12.2. The van der Waals surface area contributed by atoms with Crippen LogP contribution in [0.5, 0.6) is 5.75 Å². The van der Waals surface area contributed by atoms with Gasteiger partial charge < -0.3 is 14.6 Å². The van der Waals surface area contributed by atoms with Gasteiger partial charge in [0.2, 0.25) is 5.91 Å². The zero-order valence-electron chi connectivity index (χ0n) is 13.7. The summed E-state index contributed by atoms with van der Waals surface area (Å²) in [7, 11) is 0. The summed E-state index contributed by atoms with van der Waals surface area (Å²) in [5.74, 6) is 0.431. The van der Waals surface area contributed by atoms with Gasteiger partial charge in [-0.15, -0.1) is 0 Å².